The number of rotatable bonds is 9. The van der Waals surface area contributed by atoms with Crippen molar-refractivity contribution in [2.45, 2.75) is 92.5 Å². The highest BCUT2D eigenvalue weighted by Gasteiger charge is 2.53. The maximum atomic E-state index is 16.6. The quantitative estimate of drug-likeness (QED) is 0.190. The van der Waals surface area contributed by atoms with E-state index >= 15 is 8.78 Å². The molecule has 1 amide bonds. The first-order valence-corrected chi connectivity index (χ1v) is 18.4. The van der Waals surface area contributed by atoms with Gasteiger partial charge in [-0.05, 0) is 110 Å². The monoisotopic (exact) mass is 693 g/mol. The van der Waals surface area contributed by atoms with Gasteiger partial charge in [0, 0.05) is 28.7 Å². The lowest BCUT2D eigenvalue weighted by molar-refractivity contribution is -0.149. The molecule has 3 aliphatic rings. The van der Waals surface area contributed by atoms with Gasteiger partial charge in [-0.1, -0.05) is 60.1 Å². The van der Waals surface area contributed by atoms with Crippen LogP contribution >= 0.6 is 11.6 Å². The summed E-state index contributed by atoms with van der Waals surface area (Å²) in [7, 11) is -4.58. The van der Waals surface area contributed by atoms with Gasteiger partial charge in [0.2, 0.25) is 15.9 Å². The summed E-state index contributed by atoms with van der Waals surface area (Å²) in [5.41, 5.74) is 7.17. The number of carbonyl (C=O) groups excluding carboxylic acids is 1. The molecule has 7 rings (SSSR count). The van der Waals surface area contributed by atoms with Crippen LogP contribution in [0.25, 0.3) is 21.9 Å². The zero-order valence-corrected chi connectivity index (χ0v) is 27.9. The third kappa shape index (κ3) is 6.55. The number of benzene rings is 4. The lowest BCUT2D eigenvalue weighted by Crippen LogP contribution is -2.60. The number of nitrogens with zero attached hydrogens (tertiary/aromatic N) is 1. The summed E-state index contributed by atoms with van der Waals surface area (Å²) in [5.74, 6) is -4.13. The van der Waals surface area contributed by atoms with Crippen molar-refractivity contribution in [2.75, 3.05) is 0 Å². The van der Waals surface area contributed by atoms with Gasteiger partial charge in [0.1, 0.15) is 5.75 Å². The molecule has 2 unspecified atom stereocenters. The van der Waals surface area contributed by atoms with E-state index in [1.165, 1.54) is 41.3 Å². The summed E-state index contributed by atoms with van der Waals surface area (Å²) in [4.78, 5) is 15.4. The molecule has 7 nitrogen and oxygen atoms in total. The smallest absolute Gasteiger partial charge is 0.298 e. The van der Waals surface area contributed by atoms with Crippen molar-refractivity contribution in [1.29, 1.82) is 0 Å². The number of hydrogen-bond acceptors (Lipinski definition) is 5. The fourth-order valence-corrected chi connectivity index (χ4v) is 8.92. The second-order valence-electron chi connectivity index (χ2n) is 13.3. The lowest BCUT2D eigenvalue weighted by Gasteiger charge is -2.41. The number of alkyl halides is 2. The van der Waals surface area contributed by atoms with Gasteiger partial charge in [-0.2, -0.15) is 13.5 Å². The molecule has 1 saturated carbocycles. The minimum Gasteiger partial charge on any atom is -0.490 e. The van der Waals surface area contributed by atoms with Gasteiger partial charge in [0.05, 0.1) is 11.0 Å². The van der Waals surface area contributed by atoms with Gasteiger partial charge in [0.25, 0.3) is 5.92 Å². The average molecular weight is 694 g/mol. The third-order valence-electron chi connectivity index (χ3n) is 10.1. The predicted octanol–water partition coefficient (Wildman–Crippen LogP) is 7.40. The van der Waals surface area contributed by atoms with Crippen molar-refractivity contribution in [3.8, 4) is 16.9 Å². The predicted molar refractivity (Wildman–Crippen MR) is 183 cm³/mol. The molecule has 3 N–H and O–H groups in total. The Morgan fingerprint density at radius 3 is 2.08 bits per heavy atom. The van der Waals surface area contributed by atoms with Crippen LogP contribution in [-0.4, -0.2) is 49.5 Å². The number of sulfonamides is 1. The Morgan fingerprint density at radius 1 is 0.854 bits per heavy atom. The molecule has 3 fully saturated rings. The maximum absolute atomic E-state index is 16.6. The minimum atomic E-state index is -4.58. The van der Waals surface area contributed by atoms with E-state index in [1.54, 1.807) is 42.5 Å². The summed E-state index contributed by atoms with van der Waals surface area (Å²) in [6.07, 6.45) is 6.70. The molecule has 0 radical (unpaired) electrons. The van der Waals surface area contributed by atoms with E-state index in [-0.39, 0.29) is 29.1 Å². The average Bonchev–Trinajstić information content (AvgIpc) is 3.68. The molecule has 2 bridgehead atoms. The standard InChI is InChI=1S/C37H38ClF2N3O4S/c38-28-13-7-24(8-14-28)23-5-11-27(12-6-23)37(39,40)35(36(44)43-30-15-16-31(43)22-29(41)21-30)42-48(45,46)34-18-10-25-19-33(17-9-26(25)20-34)47-32-3-1-2-4-32/h5-14,17-20,29-32,35,42H,1-4,15-16,21-22,41H2/t29?,30?,31?,35-/m1/s1. The Labute approximate surface area is 284 Å². The number of hydrogen-bond donors (Lipinski definition) is 2. The van der Waals surface area contributed by atoms with Crippen LogP contribution in [0.5, 0.6) is 5.75 Å². The van der Waals surface area contributed by atoms with Crippen molar-refractivity contribution in [2.24, 2.45) is 5.73 Å². The van der Waals surface area contributed by atoms with Crippen LogP contribution in [0.3, 0.4) is 0 Å². The molecule has 2 aliphatic heterocycles. The first-order chi connectivity index (χ1) is 23.0. The summed E-state index contributed by atoms with van der Waals surface area (Å²) >= 11 is 6.00. The molecular weight excluding hydrogens is 656 g/mol. The van der Waals surface area contributed by atoms with Gasteiger partial charge in [-0.15, -0.1) is 0 Å². The van der Waals surface area contributed by atoms with Crippen LogP contribution in [0.1, 0.15) is 56.9 Å². The number of carbonyl (C=O) groups is 1. The summed E-state index contributed by atoms with van der Waals surface area (Å²) in [6, 6.07) is 19.2. The molecule has 3 atom stereocenters. The molecule has 11 heteroatoms. The summed E-state index contributed by atoms with van der Waals surface area (Å²) < 4.78 is 69.3. The molecular formula is C37H38ClF2N3O4S. The van der Waals surface area contributed by atoms with Crippen LogP contribution in [0.4, 0.5) is 8.78 Å². The number of piperidine rings is 1. The molecule has 4 aromatic rings. The van der Waals surface area contributed by atoms with Gasteiger partial charge >= 0.3 is 0 Å². The number of nitrogens with two attached hydrogens (primary N) is 1. The van der Waals surface area contributed by atoms with Crippen LogP contribution in [0.15, 0.2) is 89.8 Å². The topological polar surface area (TPSA) is 102 Å². The Hall–Kier alpha value is -3.57. The highest BCUT2D eigenvalue weighted by molar-refractivity contribution is 7.89. The van der Waals surface area contributed by atoms with Crippen LogP contribution in [0.2, 0.25) is 5.02 Å². The molecule has 4 aromatic carbocycles. The lowest BCUT2D eigenvalue weighted by atomic mass is 9.94. The van der Waals surface area contributed by atoms with E-state index < -0.39 is 33.5 Å². The highest BCUT2D eigenvalue weighted by atomic mass is 35.5. The van der Waals surface area contributed by atoms with Gasteiger partial charge < -0.3 is 15.4 Å². The van der Waals surface area contributed by atoms with E-state index in [0.717, 1.165) is 36.6 Å². The Bertz CT molecular complexity index is 1900. The molecule has 2 saturated heterocycles. The summed E-state index contributed by atoms with van der Waals surface area (Å²) in [5, 5.41) is 1.91. The van der Waals surface area contributed by atoms with Crippen molar-refractivity contribution in [3.05, 3.63) is 95.5 Å². The molecule has 252 valence electrons. The van der Waals surface area contributed by atoms with E-state index in [9.17, 15) is 13.2 Å². The molecule has 0 spiro atoms. The zero-order valence-electron chi connectivity index (χ0n) is 26.3. The maximum Gasteiger partial charge on any atom is 0.298 e. The van der Waals surface area contributed by atoms with E-state index in [2.05, 4.69) is 4.72 Å². The fraction of sp³-hybridized carbons (Fsp3) is 0.378. The number of fused-ring (bicyclic) bond motifs is 3. The Balaban J connectivity index is 1.20. The number of nitrogens with one attached hydrogen (secondary N) is 1. The van der Waals surface area contributed by atoms with Crippen LogP contribution < -0.4 is 15.2 Å². The second-order valence-corrected chi connectivity index (χ2v) is 15.5. The van der Waals surface area contributed by atoms with Crippen molar-refractivity contribution in [1.82, 2.24) is 9.62 Å². The van der Waals surface area contributed by atoms with Gasteiger partial charge in [0.15, 0.2) is 6.04 Å². The first kappa shape index (κ1) is 33.0. The van der Waals surface area contributed by atoms with Gasteiger partial charge in [-0.25, -0.2) is 8.42 Å². The van der Waals surface area contributed by atoms with E-state index in [1.807, 2.05) is 6.07 Å². The molecule has 48 heavy (non-hydrogen) atoms. The highest BCUT2D eigenvalue weighted by Crippen LogP contribution is 2.40. The molecule has 1 aliphatic carbocycles. The SMILES string of the molecule is NC1CC2CCC(C1)N2C(=O)[C@@H](NS(=O)(=O)c1ccc2cc(OC3CCCC3)ccc2c1)C(F)(F)c1ccc(-c2ccc(Cl)cc2)cc1. The van der Waals surface area contributed by atoms with Crippen molar-refractivity contribution >= 4 is 38.3 Å². The number of ether oxygens (including phenoxy) is 1. The number of halogens is 3. The largest absolute Gasteiger partial charge is 0.490 e. The minimum absolute atomic E-state index is 0.135. The van der Waals surface area contributed by atoms with Crippen molar-refractivity contribution in [3.63, 3.8) is 0 Å². The van der Waals surface area contributed by atoms with E-state index in [0.29, 0.717) is 47.4 Å². The van der Waals surface area contributed by atoms with Crippen molar-refractivity contribution < 1.29 is 26.7 Å². The van der Waals surface area contributed by atoms with E-state index in [4.69, 9.17) is 22.1 Å². The second kappa shape index (κ2) is 13.0. The van der Waals surface area contributed by atoms with Gasteiger partial charge in [-0.3, -0.25) is 4.79 Å². The fourth-order valence-electron chi connectivity index (χ4n) is 7.57. The molecule has 0 aromatic heterocycles. The third-order valence-corrected chi connectivity index (χ3v) is 11.7. The van der Waals surface area contributed by atoms with Crippen LogP contribution in [0, 0.1) is 0 Å². The Morgan fingerprint density at radius 2 is 1.44 bits per heavy atom. The normalized spacial score (nSPS) is 22.2. The van der Waals surface area contributed by atoms with Crippen LogP contribution in [-0.2, 0) is 20.7 Å². The number of amides is 1. The zero-order chi connectivity index (χ0) is 33.6. The first-order valence-electron chi connectivity index (χ1n) is 16.5. The Kier molecular flexibility index (Phi) is 8.95. The molecule has 2 heterocycles. The summed E-state index contributed by atoms with van der Waals surface area (Å²) in [6.45, 7) is 0.